The molecule has 0 aromatic carbocycles. The molecule has 1 saturated heterocycles. The van der Waals surface area contributed by atoms with Crippen LogP contribution in [0.15, 0.2) is 6.07 Å². The van der Waals surface area contributed by atoms with E-state index in [9.17, 15) is 0 Å². The van der Waals surface area contributed by atoms with Crippen LogP contribution in [-0.4, -0.2) is 42.8 Å². The number of anilines is 2. The molecule has 0 bridgehead atoms. The van der Waals surface area contributed by atoms with Gasteiger partial charge < -0.3 is 15.0 Å². The highest BCUT2D eigenvalue weighted by atomic mass is 16.5. The number of hydrogen-bond donors (Lipinski definition) is 1. The van der Waals surface area contributed by atoms with Crippen molar-refractivity contribution in [2.75, 3.05) is 37.0 Å². The summed E-state index contributed by atoms with van der Waals surface area (Å²) in [6, 6.07) is 2.05. The van der Waals surface area contributed by atoms with Crippen molar-refractivity contribution in [3.63, 3.8) is 0 Å². The second-order valence-corrected chi connectivity index (χ2v) is 5.79. The van der Waals surface area contributed by atoms with Crippen molar-refractivity contribution >= 4 is 11.6 Å². The standard InChI is InChI=1S/C15H24N4O/c1-3-16-13-9-14(18-15(17-13)11-6-7-11)19(2)10-12-5-4-8-20-12/h9,11-12H,3-8,10H2,1-2H3,(H,16,17,18). The van der Waals surface area contributed by atoms with Gasteiger partial charge in [-0.25, -0.2) is 9.97 Å². The maximum absolute atomic E-state index is 5.71. The summed E-state index contributed by atoms with van der Waals surface area (Å²) in [7, 11) is 2.09. The van der Waals surface area contributed by atoms with Gasteiger partial charge in [-0.2, -0.15) is 0 Å². The van der Waals surface area contributed by atoms with E-state index in [0.717, 1.165) is 43.6 Å². The van der Waals surface area contributed by atoms with E-state index in [1.54, 1.807) is 0 Å². The molecular weight excluding hydrogens is 252 g/mol. The first-order valence-electron chi connectivity index (χ1n) is 7.72. The molecule has 1 aromatic heterocycles. The summed E-state index contributed by atoms with van der Waals surface area (Å²) in [5.74, 6) is 3.52. The molecule has 0 spiro atoms. The minimum atomic E-state index is 0.349. The molecule has 1 saturated carbocycles. The van der Waals surface area contributed by atoms with E-state index in [4.69, 9.17) is 9.72 Å². The van der Waals surface area contributed by atoms with Crippen LogP contribution in [0.5, 0.6) is 0 Å². The number of aromatic nitrogens is 2. The van der Waals surface area contributed by atoms with Gasteiger partial charge in [0.1, 0.15) is 17.5 Å². The predicted molar refractivity (Wildman–Crippen MR) is 80.4 cm³/mol. The van der Waals surface area contributed by atoms with Gasteiger partial charge in [-0.15, -0.1) is 0 Å². The Kier molecular flexibility index (Phi) is 4.05. The lowest BCUT2D eigenvalue weighted by Crippen LogP contribution is -2.29. The molecule has 0 radical (unpaired) electrons. The van der Waals surface area contributed by atoms with Gasteiger partial charge in [0, 0.05) is 38.7 Å². The van der Waals surface area contributed by atoms with E-state index in [2.05, 4.69) is 29.2 Å². The van der Waals surface area contributed by atoms with Gasteiger partial charge >= 0.3 is 0 Å². The number of likely N-dealkylation sites (N-methyl/N-ethyl adjacent to an activating group) is 1. The van der Waals surface area contributed by atoms with Crippen LogP contribution in [0.25, 0.3) is 0 Å². The Balaban J connectivity index is 1.75. The van der Waals surface area contributed by atoms with Crippen LogP contribution < -0.4 is 10.2 Å². The monoisotopic (exact) mass is 276 g/mol. The van der Waals surface area contributed by atoms with Crippen molar-refractivity contribution in [1.29, 1.82) is 0 Å². The number of nitrogens with one attached hydrogen (secondary N) is 1. The molecule has 5 heteroatoms. The number of ether oxygens (including phenoxy) is 1. The third-order valence-electron chi connectivity index (χ3n) is 3.92. The zero-order chi connectivity index (χ0) is 13.9. The summed E-state index contributed by atoms with van der Waals surface area (Å²) < 4.78 is 5.71. The first-order chi connectivity index (χ1) is 9.76. The van der Waals surface area contributed by atoms with Crippen LogP contribution in [0.1, 0.15) is 44.3 Å². The molecule has 2 heterocycles. The van der Waals surface area contributed by atoms with E-state index in [0.29, 0.717) is 12.0 Å². The average molecular weight is 276 g/mol. The Bertz CT molecular complexity index is 455. The quantitative estimate of drug-likeness (QED) is 0.864. The van der Waals surface area contributed by atoms with Gasteiger partial charge in [0.15, 0.2) is 0 Å². The molecule has 2 fully saturated rings. The van der Waals surface area contributed by atoms with Crippen molar-refractivity contribution < 1.29 is 4.74 Å². The predicted octanol–water partition coefficient (Wildman–Crippen LogP) is 2.40. The molecule has 1 unspecified atom stereocenters. The maximum atomic E-state index is 5.71. The van der Waals surface area contributed by atoms with E-state index >= 15 is 0 Å². The molecule has 3 rings (SSSR count). The van der Waals surface area contributed by atoms with Gasteiger partial charge in [-0.3, -0.25) is 0 Å². The summed E-state index contributed by atoms with van der Waals surface area (Å²) in [5, 5.41) is 3.31. The molecule has 20 heavy (non-hydrogen) atoms. The fourth-order valence-electron chi connectivity index (χ4n) is 2.63. The highest BCUT2D eigenvalue weighted by Crippen LogP contribution is 2.39. The summed E-state index contributed by atoms with van der Waals surface area (Å²) in [6.07, 6.45) is 5.14. The molecule has 0 amide bonds. The lowest BCUT2D eigenvalue weighted by atomic mass is 10.2. The second-order valence-electron chi connectivity index (χ2n) is 5.79. The number of nitrogens with zero attached hydrogens (tertiary/aromatic N) is 3. The number of rotatable bonds is 6. The smallest absolute Gasteiger partial charge is 0.136 e. The first-order valence-corrected chi connectivity index (χ1v) is 7.72. The molecule has 110 valence electrons. The third-order valence-corrected chi connectivity index (χ3v) is 3.92. The first kappa shape index (κ1) is 13.6. The van der Waals surface area contributed by atoms with Crippen molar-refractivity contribution in [1.82, 2.24) is 9.97 Å². The van der Waals surface area contributed by atoms with Gasteiger partial charge in [-0.1, -0.05) is 0 Å². The van der Waals surface area contributed by atoms with E-state index < -0.39 is 0 Å². The van der Waals surface area contributed by atoms with E-state index in [1.807, 2.05) is 6.07 Å². The Morgan fingerprint density at radius 1 is 1.35 bits per heavy atom. The maximum Gasteiger partial charge on any atom is 0.136 e. The largest absolute Gasteiger partial charge is 0.376 e. The highest BCUT2D eigenvalue weighted by molar-refractivity contribution is 5.49. The SMILES string of the molecule is CCNc1cc(N(C)CC2CCCO2)nc(C2CC2)n1. The summed E-state index contributed by atoms with van der Waals surface area (Å²) >= 11 is 0. The van der Waals surface area contributed by atoms with Crippen LogP contribution in [-0.2, 0) is 4.74 Å². The molecule has 1 aliphatic heterocycles. The van der Waals surface area contributed by atoms with Crippen molar-refractivity contribution in [3.05, 3.63) is 11.9 Å². The third kappa shape index (κ3) is 3.20. The van der Waals surface area contributed by atoms with Gasteiger partial charge in [-0.05, 0) is 32.6 Å². The molecule has 5 nitrogen and oxygen atoms in total. The van der Waals surface area contributed by atoms with E-state index in [-0.39, 0.29) is 0 Å². The molecule has 2 aliphatic rings. The Morgan fingerprint density at radius 2 is 2.20 bits per heavy atom. The Hall–Kier alpha value is -1.36. The normalized spacial score (nSPS) is 22.0. The topological polar surface area (TPSA) is 50.3 Å². The average Bonchev–Trinajstić information content (AvgIpc) is 3.18. The number of hydrogen-bond acceptors (Lipinski definition) is 5. The van der Waals surface area contributed by atoms with Crippen LogP contribution in [0, 0.1) is 0 Å². The minimum absolute atomic E-state index is 0.349. The minimum Gasteiger partial charge on any atom is -0.376 e. The zero-order valence-electron chi connectivity index (χ0n) is 12.4. The molecule has 1 aromatic rings. The molecule has 1 N–H and O–H groups in total. The highest BCUT2D eigenvalue weighted by Gasteiger charge is 2.28. The molecular formula is C15H24N4O. The lowest BCUT2D eigenvalue weighted by Gasteiger charge is -2.22. The Morgan fingerprint density at radius 3 is 2.85 bits per heavy atom. The van der Waals surface area contributed by atoms with Gasteiger partial charge in [0.2, 0.25) is 0 Å². The van der Waals surface area contributed by atoms with Crippen LogP contribution >= 0.6 is 0 Å². The van der Waals surface area contributed by atoms with Gasteiger partial charge in [0.05, 0.1) is 6.10 Å². The fourth-order valence-corrected chi connectivity index (χ4v) is 2.63. The zero-order valence-corrected chi connectivity index (χ0v) is 12.4. The van der Waals surface area contributed by atoms with Crippen molar-refractivity contribution in [2.45, 2.75) is 44.6 Å². The van der Waals surface area contributed by atoms with E-state index in [1.165, 1.54) is 19.3 Å². The molecule has 1 aliphatic carbocycles. The summed E-state index contributed by atoms with van der Waals surface area (Å²) in [4.78, 5) is 11.6. The van der Waals surface area contributed by atoms with Crippen LogP contribution in [0.3, 0.4) is 0 Å². The summed E-state index contributed by atoms with van der Waals surface area (Å²) in [6.45, 7) is 4.79. The summed E-state index contributed by atoms with van der Waals surface area (Å²) in [5.41, 5.74) is 0. The van der Waals surface area contributed by atoms with Crippen molar-refractivity contribution in [2.24, 2.45) is 0 Å². The van der Waals surface area contributed by atoms with Crippen LogP contribution in [0.2, 0.25) is 0 Å². The molecule has 1 atom stereocenters. The fraction of sp³-hybridized carbons (Fsp3) is 0.733. The van der Waals surface area contributed by atoms with Gasteiger partial charge in [0.25, 0.3) is 0 Å². The van der Waals surface area contributed by atoms with Crippen molar-refractivity contribution in [3.8, 4) is 0 Å². The van der Waals surface area contributed by atoms with Crippen LogP contribution in [0.4, 0.5) is 11.6 Å². The Labute approximate surface area is 120 Å². The lowest BCUT2D eigenvalue weighted by molar-refractivity contribution is 0.116. The second kappa shape index (κ2) is 5.95.